The van der Waals surface area contributed by atoms with Gasteiger partial charge in [0.2, 0.25) is 5.88 Å². The first kappa shape index (κ1) is 8.31. The van der Waals surface area contributed by atoms with Crippen LogP contribution in [0.3, 0.4) is 0 Å². The summed E-state index contributed by atoms with van der Waals surface area (Å²) in [7, 11) is 0. The van der Waals surface area contributed by atoms with E-state index >= 15 is 0 Å². The molecule has 2 heterocycles. The topological polar surface area (TPSA) is 51.2 Å². The highest BCUT2D eigenvalue weighted by atomic mass is 35.5. The highest BCUT2D eigenvalue weighted by Gasteiger charge is 2.24. The number of rotatable bonds is 0. The Morgan fingerprint density at radius 3 is 3.15 bits per heavy atom. The first-order valence-electron chi connectivity index (χ1n) is 3.81. The molecule has 0 radical (unpaired) electrons. The van der Waals surface area contributed by atoms with Crippen molar-refractivity contribution >= 4 is 23.2 Å². The van der Waals surface area contributed by atoms with Crippen LogP contribution in [0.4, 0.5) is 5.69 Å². The maximum Gasteiger partial charge on any atom is 0.265 e. The summed E-state index contributed by atoms with van der Waals surface area (Å²) in [5, 5.41) is 3.00. The van der Waals surface area contributed by atoms with E-state index in [0.29, 0.717) is 16.7 Å². The highest BCUT2D eigenvalue weighted by molar-refractivity contribution is 6.29. The number of nitrogens with one attached hydrogen (secondary N) is 1. The second-order valence-electron chi connectivity index (χ2n) is 2.74. The number of carbonyl (C=O) groups is 1. The van der Waals surface area contributed by atoms with E-state index in [4.69, 9.17) is 16.3 Å². The SMILES string of the molecule is C[C@@H]1Oc2nc(Cl)ccc2NC1=O. The quantitative estimate of drug-likeness (QED) is 0.642. The van der Waals surface area contributed by atoms with Crippen LogP contribution in [0.25, 0.3) is 0 Å². The molecule has 13 heavy (non-hydrogen) atoms. The predicted octanol–water partition coefficient (Wildman–Crippen LogP) is 1.45. The summed E-state index contributed by atoms with van der Waals surface area (Å²) in [5.41, 5.74) is 0.563. The fourth-order valence-corrected chi connectivity index (χ4v) is 1.20. The summed E-state index contributed by atoms with van der Waals surface area (Å²) in [6.07, 6.45) is -0.515. The molecule has 0 bridgehead atoms. The third kappa shape index (κ3) is 1.45. The van der Waals surface area contributed by atoms with E-state index in [1.807, 2.05) is 0 Å². The number of amides is 1. The fraction of sp³-hybridized carbons (Fsp3) is 0.250. The summed E-state index contributed by atoms with van der Waals surface area (Å²) in [5.74, 6) is 0.205. The van der Waals surface area contributed by atoms with Crippen LogP contribution >= 0.6 is 11.6 Å². The lowest BCUT2D eigenvalue weighted by Gasteiger charge is -2.21. The molecule has 1 aromatic rings. The number of carbonyl (C=O) groups excluding carboxylic acids is 1. The molecule has 1 aliphatic rings. The van der Waals surface area contributed by atoms with E-state index < -0.39 is 6.10 Å². The Bertz CT molecular complexity index is 367. The van der Waals surface area contributed by atoms with Crippen molar-refractivity contribution in [3.05, 3.63) is 17.3 Å². The number of fused-ring (bicyclic) bond motifs is 1. The van der Waals surface area contributed by atoms with Crippen LogP contribution in [-0.4, -0.2) is 17.0 Å². The Balaban J connectivity index is 2.42. The van der Waals surface area contributed by atoms with Crippen LogP contribution in [0.5, 0.6) is 5.88 Å². The van der Waals surface area contributed by atoms with Crippen molar-refractivity contribution in [2.24, 2.45) is 0 Å². The van der Waals surface area contributed by atoms with Gasteiger partial charge in [-0.25, -0.2) is 0 Å². The molecule has 0 saturated heterocycles. The third-order valence-electron chi connectivity index (χ3n) is 1.74. The van der Waals surface area contributed by atoms with Crippen LogP contribution in [-0.2, 0) is 4.79 Å². The molecule has 4 nitrogen and oxygen atoms in total. The van der Waals surface area contributed by atoms with Crippen LogP contribution in [0.15, 0.2) is 12.1 Å². The summed E-state index contributed by atoms with van der Waals surface area (Å²) in [6, 6.07) is 3.26. The molecule has 1 N–H and O–H groups in total. The number of hydrogen-bond donors (Lipinski definition) is 1. The molecule has 0 saturated carbocycles. The molecule has 5 heteroatoms. The van der Waals surface area contributed by atoms with E-state index in [1.165, 1.54) is 0 Å². The Hall–Kier alpha value is -1.29. The zero-order valence-corrected chi connectivity index (χ0v) is 7.63. The van der Waals surface area contributed by atoms with Gasteiger partial charge in [0, 0.05) is 0 Å². The Labute approximate surface area is 79.9 Å². The fourth-order valence-electron chi connectivity index (χ4n) is 1.06. The van der Waals surface area contributed by atoms with Crippen LogP contribution < -0.4 is 10.1 Å². The number of anilines is 1. The van der Waals surface area contributed by atoms with Gasteiger partial charge in [-0.15, -0.1) is 0 Å². The monoisotopic (exact) mass is 198 g/mol. The van der Waals surface area contributed by atoms with Crippen LogP contribution in [0, 0.1) is 0 Å². The zero-order chi connectivity index (χ0) is 9.42. The zero-order valence-electron chi connectivity index (χ0n) is 6.87. The molecule has 1 atom stereocenters. The molecular formula is C8H7ClN2O2. The maximum atomic E-state index is 11.1. The van der Waals surface area contributed by atoms with Crippen molar-refractivity contribution in [2.45, 2.75) is 13.0 Å². The minimum absolute atomic E-state index is 0.170. The summed E-state index contributed by atoms with van der Waals surface area (Å²) in [4.78, 5) is 15.1. The van der Waals surface area contributed by atoms with Gasteiger partial charge < -0.3 is 10.1 Å². The second-order valence-corrected chi connectivity index (χ2v) is 3.12. The molecule has 0 aliphatic carbocycles. The predicted molar refractivity (Wildman–Crippen MR) is 48.0 cm³/mol. The van der Waals surface area contributed by atoms with E-state index in [1.54, 1.807) is 19.1 Å². The molecule has 68 valence electrons. The van der Waals surface area contributed by atoms with E-state index in [0.717, 1.165) is 0 Å². The van der Waals surface area contributed by atoms with Gasteiger partial charge in [0.05, 0.1) is 0 Å². The van der Waals surface area contributed by atoms with Gasteiger partial charge in [0.15, 0.2) is 6.10 Å². The van der Waals surface area contributed by atoms with Crippen LogP contribution in [0.1, 0.15) is 6.92 Å². The van der Waals surface area contributed by atoms with Gasteiger partial charge >= 0.3 is 0 Å². The number of halogens is 1. The molecule has 0 spiro atoms. The highest BCUT2D eigenvalue weighted by Crippen LogP contribution is 2.28. The number of pyridine rings is 1. The standard InChI is InChI=1S/C8H7ClN2O2/c1-4-7(12)10-5-2-3-6(9)11-8(5)13-4/h2-4H,1H3,(H,10,12)/t4-/m0/s1. The van der Waals surface area contributed by atoms with Crippen molar-refractivity contribution in [3.8, 4) is 5.88 Å². The van der Waals surface area contributed by atoms with Crippen LogP contribution in [0.2, 0.25) is 5.15 Å². The molecule has 0 fully saturated rings. The van der Waals surface area contributed by atoms with Crippen molar-refractivity contribution in [1.29, 1.82) is 0 Å². The molecule has 0 unspecified atom stereocenters. The molecule has 1 amide bonds. The second kappa shape index (κ2) is 2.88. The third-order valence-corrected chi connectivity index (χ3v) is 1.95. The van der Waals surface area contributed by atoms with Crippen molar-refractivity contribution in [2.75, 3.05) is 5.32 Å². The normalized spacial score (nSPS) is 20.2. The van der Waals surface area contributed by atoms with Crippen molar-refractivity contribution in [1.82, 2.24) is 4.98 Å². The van der Waals surface area contributed by atoms with Gasteiger partial charge in [0.25, 0.3) is 5.91 Å². The molecule has 1 aliphatic heterocycles. The number of nitrogens with zero attached hydrogens (tertiary/aromatic N) is 1. The van der Waals surface area contributed by atoms with E-state index in [-0.39, 0.29) is 5.91 Å². The minimum Gasteiger partial charge on any atom is -0.463 e. The van der Waals surface area contributed by atoms with E-state index in [9.17, 15) is 4.79 Å². The first-order chi connectivity index (χ1) is 6.16. The average Bonchev–Trinajstić information content (AvgIpc) is 2.08. The summed E-state index contributed by atoms with van der Waals surface area (Å²) in [6.45, 7) is 1.65. The Morgan fingerprint density at radius 1 is 1.62 bits per heavy atom. The molecule has 1 aromatic heterocycles. The Morgan fingerprint density at radius 2 is 2.38 bits per heavy atom. The van der Waals surface area contributed by atoms with Gasteiger partial charge in [-0.3, -0.25) is 4.79 Å². The van der Waals surface area contributed by atoms with Gasteiger partial charge in [-0.2, -0.15) is 4.98 Å². The molecular weight excluding hydrogens is 192 g/mol. The lowest BCUT2D eigenvalue weighted by atomic mass is 10.3. The van der Waals surface area contributed by atoms with Crippen molar-refractivity contribution < 1.29 is 9.53 Å². The van der Waals surface area contributed by atoms with Crippen molar-refractivity contribution in [3.63, 3.8) is 0 Å². The molecule has 0 aromatic carbocycles. The average molecular weight is 199 g/mol. The van der Waals surface area contributed by atoms with Gasteiger partial charge in [-0.05, 0) is 19.1 Å². The lowest BCUT2D eigenvalue weighted by molar-refractivity contribution is -0.122. The summed E-state index contributed by atoms with van der Waals surface area (Å²) < 4.78 is 5.22. The molecule has 2 rings (SSSR count). The number of hydrogen-bond acceptors (Lipinski definition) is 3. The number of ether oxygens (including phenoxy) is 1. The number of aromatic nitrogens is 1. The van der Waals surface area contributed by atoms with Gasteiger partial charge in [-0.1, -0.05) is 11.6 Å². The van der Waals surface area contributed by atoms with Gasteiger partial charge in [0.1, 0.15) is 10.8 Å². The summed E-state index contributed by atoms with van der Waals surface area (Å²) >= 11 is 5.66. The van der Waals surface area contributed by atoms with E-state index in [2.05, 4.69) is 10.3 Å². The minimum atomic E-state index is -0.515. The lowest BCUT2D eigenvalue weighted by Crippen LogP contribution is -2.34. The largest absolute Gasteiger partial charge is 0.463 e. The maximum absolute atomic E-state index is 11.1. The first-order valence-corrected chi connectivity index (χ1v) is 4.18. The smallest absolute Gasteiger partial charge is 0.265 e. The Kier molecular flexibility index (Phi) is 1.84.